The van der Waals surface area contributed by atoms with Crippen molar-refractivity contribution < 1.29 is 9.90 Å². The minimum atomic E-state index is -0.271. The van der Waals surface area contributed by atoms with Crippen molar-refractivity contribution in [1.29, 1.82) is 0 Å². The van der Waals surface area contributed by atoms with Crippen LogP contribution in [0.3, 0.4) is 0 Å². The zero-order valence-corrected chi connectivity index (χ0v) is 9.91. The highest BCUT2D eigenvalue weighted by Gasteiger charge is 2.27. The summed E-state index contributed by atoms with van der Waals surface area (Å²) in [5.74, 6) is 0.0535. The lowest BCUT2D eigenvalue weighted by Crippen LogP contribution is -2.34. The second-order valence-corrected chi connectivity index (χ2v) is 4.53. The van der Waals surface area contributed by atoms with Gasteiger partial charge in [-0.15, -0.1) is 0 Å². The van der Waals surface area contributed by atoms with Gasteiger partial charge in [-0.3, -0.25) is 9.78 Å². The zero-order chi connectivity index (χ0) is 12.3. The van der Waals surface area contributed by atoms with Gasteiger partial charge in [0.15, 0.2) is 0 Å². The minimum absolute atomic E-state index is 0.141. The van der Waals surface area contributed by atoms with Crippen molar-refractivity contribution in [2.75, 3.05) is 13.6 Å². The molecule has 0 bridgehead atoms. The summed E-state index contributed by atoms with van der Waals surface area (Å²) in [6.45, 7) is 0.580. The quantitative estimate of drug-likeness (QED) is 0.838. The van der Waals surface area contributed by atoms with Crippen LogP contribution >= 0.6 is 0 Å². The number of carbonyl (C=O) groups excluding carboxylic acids is 1. The normalized spacial score (nSPS) is 23.6. The van der Waals surface area contributed by atoms with E-state index in [1.807, 2.05) is 0 Å². The maximum absolute atomic E-state index is 12.0. The molecule has 0 aliphatic heterocycles. The molecule has 1 saturated carbocycles. The average molecular weight is 235 g/mol. The number of hydrogen-bond acceptors (Lipinski definition) is 4. The molecule has 1 heterocycles. The molecular formula is C12H17N3O2. The van der Waals surface area contributed by atoms with Gasteiger partial charge in [0.1, 0.15) is 5.69 Å². The molecule has 5 nitrogen and oxygen atoms in total. The standard InChI is InChI=1S/C12H17N3O2/c1-15(8-9-3-2-4-11(9)16)12(17)10-7-13-5-6-14-10/h5-7,9,11,16H,2-4,8H2,1H3. The van der Waals surface area contributed by atoms with Crippen LogP contribution in [0.25, 0.3) is 0 Å². The monoisotopic (exact) mass is 235 g/mol. The van der Waals surface area contributed by atoms with E-state index in [1.165, 1.54) is 18.6 Å². The van der Waals surface area contributed by atoms with Crippen molar-refractivity contribution >= 4 is 5.91 Å². The Hall–Kier alpha value is -1.49. The maximum Gasteiger partial charge on any atom is 0.273 e. The molecule has 0 aromatic carbocycles. The van der Waals surface area contributed by atoms with Crippen LogP contribution < -0.4 is 0 Å². The van der Waals surface area contributed by atoms with Crippen molar-refractivity contribution in [3.8, 4) is 0 Å². The molecule has 0 radical (unpaired) electrons. The number of nitrogens with zero attached hydrogens (tertiary/aromatic N) is 3. The van der Waals surface area contributed by atoms with Gasteiger partial charge in [-0.1, -0.05) is 6.42 Å². The topological polar surface area (TPSA) is 66.3 Å². The number of aromatic nitrogens is 2. The molecule has 5 heteroatoms. The number of hydrogen-bond donors (Lipinski definition) is 1. The predicted octanol–water partition coefficient (Wildman–Crippen LogP) is 0.710. The van der Waals surface area contributed by atoms with Gasteiger partial charge in [0.05, 0.1) is 12.3 Å². The Kier molecular flexibility index (Phi) is 3.68. The third-order valence-electron chi connectivity index (χ3n) is 3.26. The van der Waals surface area contributed by atoms with Crippen LogP contribution in [0.1, 0.15) is 29.8 Å². The van der Waals surface area contributed by atoms with Gasteiger partial charge in [0.2, 0.25) is 0 Å². The van der Waals surface area contributed by atoms with E-state index < -0.39 is 0 Å². The van der Waals surface area contributed by atoms with E-state index in [2.05, 4.69) is 9.97 Å². The summed E-state index contributed by atoms with van der Waals surface area (Å²) in [4.78, 5) is 21.4. The fourth-order valence-electron chi connectivity index (χ4n) is 2.27. The van der Waals surface area contributed by atoms with Gasteiger partial charge in [0, 0.05) is 31.9 Å². The SMILES string of the molecule is CN(CC1CCCC1O)C(=O)c1cnccn1. The van der Waals surface area contributed by atoms with E-state index in [-0.39, 0.29) is 17.9 Å². The van der Waals surface area contributed by atoms with Crippen molar-refractivity contribution in [1.82, 2.24) is 14.9 Å². The molecule has 2 atom stereocenters. The Morgan fingerprint density at radius 1 is 1.53 bits per heavy atom. The largest absolute Gasteiger partial charge is 0.393 e. The van der Waals surface area contributed by atoms with E-state index in [0.29, 0.717) is 12.2 Å². The van der Waals surface area contributed by atoms with Gasteiger partial charge in [-0.25, -0.2) is 4.98 Å². The third kappa shape index (κ3) is 2.79. The third-order valence-corrected chi connectivity index (χ3v) is 3.26. The summed E-state index contributed by atoms with van der Waals surface area (Å²) in [5, 5.41) is 9.72. The van der Waals surface area contributed by atoms with Gasteiger partial charge in [0.25, 0.3) is 5.91 Å². The van der Waals surface area contributed by atoms with Crippen LogP contribution in [0.5, 0.6) is 0 Å². The molecule has 1 N–H and O–H groups in total. The highest BCUT2D eigenvalue weighted by molar-refractivity contribution is 5.91. The molecule has 1 aliphatic rings. The van der Waals surface area contributed by atoms with Crippen molar-refractivity contribution in [2.45, 2.75) is 25.4 Å². The minimum Gasteiger partial charge on any atom is -0.393 e. The van der Waals surface area contributed by atoms with Crippen LogP contribution in [-0.4, -0.2) is 45.6 Å². The van der Waals surface area contributed by atoms with Crippen molar-refractivity contribution in [3.05, 3.63) is 24.3 Å². The van der Waals surface area contributed by atoms with Crippen molar-refractivity contribution in [2.24, 2.45) is 5.92 Å². The molecule has 92 valence electrons. The fourth-order valence-corrected chi connectivity index (χ4v) is 2.27. The molecule has 1 aliphatic carbocycles. The summed E-state index contributed by atoms with van der Waals surface area (Å²) in [6, 6.07) is 0. The van der Waals surface area contributed by atoms with Gasteiger partial charge >= 0.3 is 0 Å². The summed E-state index contributed by atoms with van der Waals surface area (Å²) >= 11 is 0. The Balaban J connectivity index is 1.96. The molecule has 1 aromatic heterocycles. The molecule has 1 amide bonds. The van der Waals surface area contributed by atoms with Crippen LogP contribution in [0, 0.1) is 5.92 Å². The highest BCUT2D eigenvalue weighted by atomic mass is 16.3. The Morgan fingerprint density at radius 2 is 2.35 bits per heavy atom. The Labute approximate surface area is 100 Å². The Bertz CT molecular complexity index is 383. The van der Waals surface area contributed by atoms with E-state index in [4.69, 9.17) is 0 Å². The zero-order valence-electron chi connectivity index (χ0n) is 9.91. The maximum atomic E-state index is 12.0. The van der Waals surface area contributed by atoms with Gasteiger partial charge < -0.3 is 10.0 Å². The molecule has 1 fully saturated rings. The first-order valence-electron chi connectivity index (χ1n) is 5.88. The molecule has 0 saturated heterocycles. The summed E-state index contributed by atoms with van der Waals surface area (Å²) in [7, 11) is 1.74. The van der Waals surface area contributed by atoms with Gasteiger partial charge in [-0.2, -0.15) is 0 Å². The molecule has 2 unspecified atom stereocenters. The predicted molar refractivity (Wildman–Crippen MR) is 62.3 cm³/mol. The smallest absolute Gasteiger partial charge is 0.273 e. The van der Waals surface area contributed by atoms with Crippen LogP contribution in [0.4, 0.5) is 0 Å². The lowest BCUT2D eigenvalue weighted by atomic mass is 10.1. The first-order valence-corrected chi connectivity index (χ1v) is 5.88. The van der Waals surface area contributed by atoms with E-state index >= 15 is 0 Å². The first kappa shape index (κ1) is 12.0. The number of carbonyl (C=O) groups is 1. The molecule has 17 heavy (non-hydrogen) atoms. The van der Waals surface area contributed by atoms with Crippen LogP contribution in [0.15, 0.2) is 18.6 Å². The lowest BCUT2D eigenvalue weighted by molar-refractivity contribution is 0.0688. The second kappa shape index (κ2) is 5.23. The average Bonchev–Trinajstić information content (AvgIpc) is 2.75. The number of aliphatic hydroxyl groups excluding tert-OH is 1. The highest BCUT2D eigenvalue weighted by Crippen LogP contribution is 2.26. The van der Waals surface area contributed by atoms with Crippen molar-refractivity contribution in [3.63, 3.8) is 0 Å². The summed E-state index contributed by atoms with van der Waals surface area (Å²) < 4.78 is 0. The summed E-state index contributed by atoms with van der Waals surface area (Å²) in [5.41, 5.74) is 0.350. The summed E-state index contributed by atoms with van der Waals surface area (Å²) in [6.07, 6.45) is 7.11. The van der Waals surface area contributed by atoms with E-state index in [9.17, 15) is 9.90 Å². The fraction of sp³-hybridized carbons (Fsp3) is 0.583. The van der Waals surface area contributed by atoms with Gasteiger partial charge in [-0.05, 0) is 12.8 Å². The molecular weight excluding hydrogens is 218 g/mol. The van der Waals surface area contributed by atoms with Crippen LogP contribution in [-0.2, 0) is 0 Å². The number of rotatable bonds is 3. The number of aliphatic hydroxyl groups is 1. The molecule has 1 aromatic rings. The first-order chi connectivity index (χ1) is 8.18. The molecule has 2 rings (SSSR count). The lowest BCUT2D eigenvalue weighted by Gasteiger charge is -2.22. The second-order valence-electron chi connectivity index (χ2n) is 4.53. The number of amides is 1. The van der Waals surface area contributed by atoms with E-state index in [0.717, 1.165) is 19.3 Å². The Morgan fingerprint density at radius 3 is 2.94 bits per heavy atom. The van der Waals surface area contributed by atoms with E-state index in [1.54, 1.807) is 11.9 Å². The molecule has 0 spiro atoms. The van der Waals surface area contributed by atoms with Crippen LogP contribution in [0.2, 0.25) is 0 Å².